The van der Waals surface area contributed by atoms with Gasteiger partial charge in [0.2, 0.25) is 17.7 Å². The van der Waals surface area contributed by atoms with Gasteiger partial charge in [0.25, 0.3) is 0 Å². The Morgan fingerprint density at radius 3 is 2.32 bits per heavy atom. The molecule has 2 rings (SSSR count). The largest absolute Gasteiger partial charge is 0.379 e. The molecule has 2 heterocycles. The predicted octanol–water partition coefficient (Wildman–Crippen LogP) is 1.91. The molecule has 13 heteroatoms. The number of hydrogen-bond acceptors (Lipinski definition) is 10. The van der Waals surface area contributed by atoms with Crippen LogP contribution in [0.2, 0.25) is 0 Å². The van der Waals surface area contributed by atoms with Crippen molar-refractivity contribution in [1.29, 1.82) is 0 Å². The van der Waals surface area contributed by atoms with Gasteiger partial charge in [-0.25, -0.2) is 0 Å². The average Bonchev–Trinajstić information content (AvgIpc) is 3.49. The van der Waals surface area contributed by atoms with Crippen LogP contribution in [-0.2, 0) is 33.3 Å². The molecule has 0 aliphatic carbocycles. The molecule has 1 saturated heterocycles. The zero-order chi connectivity index (χ0) is 32.2. The summed E-state index contributed by atoms with van der Waals surface area (Å²) in [6.45, 7) is 13.9. The van der Waals surface area contributed by atoms with E-state index in [0.29, 0.717) is 65.8 Å². The van der Waals surface area contributed by atoms with Crippen molar-refractivity contribution in [2.24, 2.45) is 16.1 Å². The molecule has 12 nitrogen and oxygen atoms in total. The lowest BCUT2D eigenvalue weighted by Gasteiger charge is -2.36. The summed E-state index contributed by atoms with van der Waals surface area (Å²) in [5.41, 5.74) is 6.67. The van der Waals surface area contributed by atoms with Gasteiger partial charge < -0.3 is 40.2 Å². The number of carbonyl (C=O) groups is 3. The molecule has 252 valence electrons. The van der Waals surface area contributed by atoms with Crippen LogP contribution in [0, 0.1) is 5.41 Å². The average molecular weight is 642 g/mol. The minimum absolute atomic E-state index is 0.0206. The lowest BCUT2D eigenvalue weighted by molar-refractivity contribution is -0.144. The number of unbranched alkanes of at least 4 members (excludes halogenated alkanes) is 1. The number of nitrogens with two attached hydrogens (primary N) is 1. The monoisotopic (exact) mass is 641 g/mol. The summed E-state index contributed by atoms with van der Waals surface area (Å²) in [5.74, 6) is 0.0997. The summed E-state index contributed by atoms with van der Waals surface area (Å²) in [6.07, 6.45) is 6.09. The van der Waals surface area contributed by atoms with Crippen LogP contribution < -0.4 is 16.4 Å². The Kier molecular flexibility index (Phi) is 18.8. The van der Waals surface area contributed by atoms with Gasteiger partial charge in [0.1, 0.15) is 12.1 Å². The molecule has 0 bridgehead atoms. The second kappa shape index (κ2) is 21.7. The number of likely N-dealkylation sites (tertiary alicyclic amines) is 1. The van der Waals surface area contributed by atoms with Crippen LogP contribution >= 0.6 is 11.8 Å². The molecule has 0 radical (unpaired) electrons. The van der Waals surface area contributed by atoms with Gasteiger partial charge in [-0.2, -0.15) is 0 Å². The minimum Gasteiger partial charge on any atom is -0.379 e. The molecule has 4 atom stereocenters. The number of thioether (sulfide) groups is 1. The van der Waals surface area contributed by atoms with Crippen molar-refractivity contribution >= 4 is 35.0 Å². The Balaban J connectivity index is 1.77. The molecule has 2 aliphatic rings. The topological polar surface area (TPSA) is 154 Å². The fourth-order valence-electron chi connectivity index (χ4n) is 5.01. The van der Waals surface area contributed by atoms with Crippen LogP contribution in [-0.4, -0.2) is 124 Å². The first kappa shape index (κ1) is 38.2. The van der Waals surface area contributed by atoms with Crippen molar-refractivity contribution in [3.05, 3.63) is 12.7 Å². The maximum absolute atomic E-state index is 13.8. The molecule has 2 aliphatic heterocycles. The van der Waals surface area contributed by atoms with Crippen molar-refractivity contribution in [3.63, 3.8) is 0 Å². The van der Waals surface area contributed by atoms with Crippen LogP contribution in [0.25, 0.3) is 0 Å². The first-order chi connectivity index (χ1) is 21.2. The first-order valence-corrected chi connectivity index (χ1v) is 16.9. The van der Waals surface area contributed by atoms with Crippen LogP contribution in [0.5, 0.6) is 0 Å². The molecule has 0 saturated carbocycles. The summed E-state index contributed by atoms with van der Waals surface area (Å²) in [4.78, 5) is 46.3. The van der Waals surface area contributed by atoms with Crippen LogP contribution in [0.3, 0.4) is 0 Å². The van der Waals surface area contributed by atoms with Gasteiger partial charge in [0.05, 0.1) is 70.5 Å². The Morgan fingerprint density at radius 1 is 1.07 bits per heavy atom. The number of carbonyl (C=O) groups excluding carboxylic acids is 3. The van der Waals surface area contributed by atoms with E-state index >= 15 is 0 Å². The van der Waals surface area contributed by atoms with Crippen LogP contribution in [0.15, 0.2) is 17.6 Å². The number of allylic oxidation sites excluding steroid dienone is 1. The highest BCUT2D eigenvalue weighted by Gasteiger charge is 2.42. The Bertz CT molecular complexity index is 901. The van der Waals surface area contributed by atoms with Crippen molar-refractivity contribution in [3.8, 4) is 0 Å². The lowest BCUT2D eigenvalue weighted by atomic mass is 9.85. The maximum atomic E-state index is 13.8. The van der Waals surface area contributed by atoms with E-state index < -0.39 is 17.5 Å². The highest BCUT2D eigenvalue weighted by molar-refractivity contribution is 8.12. The van der Waals surface area contributed by atoms with Gasteiger partial charge in [-0.1, -0.05) is 26.8 Å². The summed E-state index contributed by atoms with van der Waals surface area (Å²) in [5, 5.41) is 6.10. The number of amides is 3. The SMILES string of the molecule is C=CCCCC1N=CSC[C@@H]1NC(=O)C1CCCN1C(=O)[C@@H](NC(=O)CCOCCOCCOCCOCCN)C(C)(C)C. The van der Waals surface area contributed by atoms with Crippen LogP contribution in [0.4, 0.5) is 0 Å². The van der Waals surface area contributed by atoms with E-state index in [-0.39, 0.29) is 42.8 Å². The molecule has 2 unspecified atom stereocenters. The van der Waals surface area contributed by atoms with E-state index in [4.69, 9.17) is 24.7 Å². The zero-order valence-corrected chi connectivity index (χ0v) is 27.7. The first-order valence-electron chi connectivity index (χ1n) is 15.8. The van der Waals surface area contributed by atoms with E-state index in [1.54, 1.807) is 16.7 Å². The second-order valence-electron chi connectivity index (χ2n) is 12.0. The molecule has 1 fully saturated rings. The smallest absolute Gasteiger partial charge is 0.246 e. The Hall–Kier alpha value is -2.03. The third-order valence-electron chi connectivity index (χ3n) is 7.41. The molecular formula is C31H55N5O7S. The molecule has 3 amide bonds. The maximum Gasteiger partial charge on any atom is 0.246 e. The Morgan fingerprint density at radius 2 is 1.70 bits per heavy atom. The number of rotatable bonds is 22. The van der Waals surface area contributed by atoms with Crippen molar-refractivity contribution in [2.75, 3.05) is 71.7 Å². The summed E-state index contributed by atoms with van der Waals surface area (Å²) < 4.78 is 21.6. The third-order valence-corrected chi connectivity index (χ3v) is 8.23. The van der Waals surface area contributed by atoms with Gasteiger partial charge in [0, 0.05) is 25.3 Å². The normalized spacial score (nSPS) is 20.8. The third kappa shape index (κ3) is 14.4. The van der Waals surface area contributed by atoms with Gasteiger partial charge in [-0.3, -0.25) is 19.4 Å². The fraction of sp³-hybridized carbons (Fsp3) is 0.806. The molecule has 44 heavy (non-hydrogen) atoms. The quantitative estimate of drug-likeness (QED) is 0.119. The number of aliphatic imine (C=N–C) groups is 1. The number of ether oxygens (including phenoxy) is 4. The summed E-state index contributed by atoms with van der Waals surface area (Å²) in [7, 11) is 0. The lowest BCUT2D eigenvalue weighted by Crippen LogP contribution is -2.59. The molecular weight excluding hydrogens is 586 g/mol. The second-order valence-corrected chi connectivity index (χ2v) is 12.9. The van der Waals surface area contributed by atoms with Crippen molar-refractivity contribution in [1.82, 2.24) is 15.5 Å². The van der Waals surface area contributed by atoms with E-state index in [0.717, 1.165) is 31.4 Å². The number of nitrogens with one attached hydrogen (secondary N) is 2. The van der Waals surface area contributed by atoms with Crippen LogP contribution in [0.1, 0.15) is 59.3 Å². The van der Waals surface area contributed by atoms with E-state index in [1.165, 1.54) is 0 Å². The molecule has 0 aromatic heterocycles. The van der Waals surface area contributed by atoms with E-state index in [9.17, 15) is 14.4 Å². The Labute approximate surface area is 267 Å². The summed E-state index contributed by atoms with van der Waals surface area (Å²) in [6, 6.07) is -1.39. The fourth-order valence-corrected chi connectivity index (χ4v) is 5.85. The summed E-state index contributed by atoms with van der Waals surface area (Å²) >= 11 is 1.59. The zero-order valence-electron chi connectivity index (χ0n) is 26.9. The molecule has 0 aromatic carbocycles. The van der Waals surface area contributed by atoms with Gasteiger partial charge >= 0.3 is 0 Å². The molecule has 0 spiro atoms. The van der Waals surface area contributed by atoms with Gasteiger partial charge in [-0.15, -0.1) is 18.3 Å². The highest BCUT2D eigenvalue weighted by atomic mass is 32.2. The van der Waals surface area contributed by atoms with E-state index in [1.807, 2.05) is 32.4 Å². The highest BCUT2D eigenvalue weighted by Crippen LogP contribution is 2.27. The molecule has 0 aromatic rings. The minimum atomic E-state index is -0.770. The van der Waals surface area contributed by atoms with E-state index in [2.05, 4.69) is 22.2 Å². The van der Waals surface area contributed by atoms with Gasteiger partial charge in [0.15, 0.2) is 0 Å². The standard InChI is InChI=1S/C31H55N5O7S/c1-5-6-7-9-24-25(22-44-23-33-24)34-29(38)26-10-8-13-36(26)30(39)28(31(2,3)4)35-27(37)11-14-40-16-18-42-20-21-43-19-17-41-15-12-32/h5,23-26,28H,1,6-22,32H2,2-4H3,(H,34,38)(H,35,37)/t24?,25-,26?,28+/m0/s1. The number of nitrogens with zero attached hydrogens (tertiary/aromatic N) is 2. The van der Waals surface area contributed by atoms with Gasteiger partial charge in [-0.05, 0) is 37.5 Å². The predicted molar refractivity (Wildman–Crippen MR) is 174 cm³/mol. The van der Waals surface area contributed by atoms with Crippen molar-refractivity contribution < 1.29 is 33.3 Å². The number of hydrogen-bond donors (Lipinski definition) is 3. The molecule has 4 N–H and O–H groups in total. The van der Waals surface area contributed by atoms with Crippen molar-refractivity contribution in [2.45, 2.75) is 83.5 Å².